The number of halogens is 6. The second-order valence-corrected chi connectivity index (χ2v) is 5.77. The van der Waals surface area contributed by atoms with Crippen molar-refractivity contribution in [2.45, 2.75) is 56.8 Å². The third-order valence-electron chi connectivity index (χ3n) is 4.03. The Morgan fingerprint density at radius 2 is 1.77 bits per heavy atom. The van der Waals surface area contributed by atoms with Gasteiger partial charge in [-0.2, -0.15) is 26.3 Å². The molecule has 1 aliphatic heterocycles. The van der Waals surface area contributed by atoms with Crippen molar-refractivity contribution < 1.29 is 51.0 Å². The molecule has 13 heteroatoms. The first kappa shape index (κ1) is 22.0. The van der Waals surface area contributed by atoms with Gasteiger partial charge in [0.15, 0.2) is 6.10 Å². The highest BCUT2D eigenvalue weighted by atomic mass is 19.4. The van der Waals surface area contributed by atoms with Gasteiger partial charge in [-0.1, -0.05) is 25.4 Å². The quantitative estimate of drug-likeness (QED) is 0.593. The van der Waals surface area contributed by atoms with Gasteiger partial charge in [0.2, 0.25) is 0 Å². The molecule has 150 valence electrons. The van der Waals surface area contributed by atoms with E-state index < -0.39 is 60.0 Å². The summed E-state index contributed by atoms with van der Waals surface area (Å²) in [5.74, 6) is -3.31. The van der Waals surface area contributed by atoms with E-state index in [0.29, 0.717) is 6.42 Å². The molecule has 1 heterocycles. The fourth-order valence-electron chi connectivity index (χ4n) is 2.17. The number of nitrogens with one attached hydrogen (secondary N) is 1. The van der Waals surface area contributed by atoms with E-state index >= 15 is 0 Å². The van der Waals surface area contributed by atoms with Crippen molar-refractivity contribution in [3.05, 3.63) is 0 Å². The number of aliphatic hydroxyl groups is 1. The largest absolute Gasteiger partial charge is 0.480 e. The fraction of sp³-hybridized carbons (Fsp3) is 0.769. The summed E-state index contributed by atoms with van der Waals surface area (Å²) in [5.41, 5.74) is -6.13. The minimum Gasteiger partial charge on any atom is -0.480 e. The third-order valence-corrected chi connectivity index (χ3v) is 4.03. The van der Waals surface area contributed by atoms with E-state index in [1.807, 2.05) is 5.32 Å². The van der Waals surface area contributed by atoms with E-state index in [0.717, 1.165) is 0 Å². The summed E-state index contributed by atoms with van der Waals surface area (Å²) >= 11 is 0. The zero-order valence-electron chi connectivity index (χ0n) is 13.5. The van der Waals surface area contributed by atoms with Crippen LogP contribution in [0.5, 0.6) is 0 Å². The molecule has 0 aromatic carbocycles. The van der Waals surface area contributed by atoms with Crippen LogP contribution in [0.4, 0.5) is 26.3 Å². The first-order valence-electron chi connectivity index (χ1n) is 7.29. The van der Waals surface area contributed by atoms with Gasteiger partial charge >= 0.3 is 18.3 Å². The second kappa shape index (κ2) is 7.29. The summed E-state index contributed by atoms with van der Waals surface area (Å²) in [6.07, 6.45) is -16.2. The molecule has 0 saturated heterocycles. The molecular formula is C13H16F6N2O5. The molecule has 0 bridgehead atoms. The molecule has 0 aromatic heterocycles. The van der Waals surface area contributed by atoms with Crippen LogP contribution in [-0.2, 0) is 14.4 Å². The summed E-state index contributed by atoms with van der Waals surface area (Å²) in [5, 5.41) is 23.1. The van der Waals surface area contributed by atoms with Crippen LogP contribution in [0.25, 0.3) is 0 Å². The Bertz CT molecular complexity index is 575. The third kappa shape index (κ3) is 4.02. The molecule has 0 spiro atoms. The first-order chi connectivity index (χ1) is 11.7. The highest BCUT2D eigenvalue weighted by molar-refractivity contribution is 6.39. The Morgan fingerprint density at radius 3 is 2.15 bits per heavy atom. The Kier molecular flexibility index (Phi) is 6.16. The Labute approximate surface area is 143 Å². The maximum Gasteiger partial charge on any atom is 0.430 e. The van der Waals surface area contributed by atoms with Crippen LogP contribution in [0.15, 0.2) is 5.16 Å². The zero-order valence-corrected chi connectivity index (χ0v) is 13.5. The summed E-state index contributed by atoms with van der Waals surface area (Å²) in [7, 11) is 0. The molecule has 3 N–H and O–H groups in total. The van der Waals surface area contributed by atoms with Crippen LogP contribution in [-0.4, -0.2) is 57.9 Å². The number of nitrogens with zero attached hydrogens (tertiary/aromatic N) is 1. The predicted molar refractivity (Wildman–Crippen MR) is 73.0 cm³/mol. The standard InChI is InChI=1S/C13H16F6N2O5/c1-3-5(2)8(10(23)24)20-9(22)6-4-7(26-21-6)11(25,12(14,15)16)13(17,18)19/h5,7-8,25H,3-4H2,1-2H3,(H,20,22)(H,23,24). The van der Waals surface area contributed by atoms with Gasteiger partial charge in [-0.3, -0.25) is 4.79 Å². The van der Waals surface area contributed by atoms with Crippen LogP contribution >= 0.6 is 0 Å². The number of oxime groups is 1. The van der Waals surface area contributed by atoms with Gasteiger partial charge in [0.25, 0.3) is 11.5 Å². The van der Waals surface area contributed by atoms with Gasteiger partial charge in [-0.05, 0) is 5.92 Å². The van der Waals surface area contributed by atoms with E-state index in [-0.39, 0.29) is 0 Å². The molecule has 1 rings (SSSR count). The second-order valence-electron chi connectivity index (χ2n) is 5.77. The first-order valence-corrected chi connectivity index (χ1v) is 7.29. The van der Waals surface area contributed by atoms with Crippen LogP contribution in [0.3, 0.4) is 0 Å². The summed E-state index contributed by atoms with van der Waals surface area (Å²) < 4.78 is 76.6. The highest BCUT2D eigenvalue weighted by Gasteiger charge is 2.76. The molecule has 0 aromatic rings. The van der Waals surface area contributed by atoms with Crippen molar-refractivity contribution in [2.24, 2.45) is 11.1 Å². The average molecular weight is 394 g/mol. The van der Waals surface area contributed by atoms with E-state index in [1.54, 1.807) is 6.92 Å². The lowest BCUT2D eigenvalue weighted by atomic mass is 9.91. The van der Waals surface area contributed by atoms with Gasteiger partial charge in [-0.15, -0.1) is 0 Å². The van der Waals surface area contributed by atoms with Gasteiger partial charge in [0.05, 0.1) is 0 Å². The minimum absolute atomic E-state index is 0.324. The number of hydrogen-bond acceptors (Lipinski definition) is 5. The van der Waals surface area contributed by atoms with E-state index in [1.165, 1.54) is 6.92 Å². The van der Waals surface area contributed by atoms with E-state index in [2.05, 4.69) is 9.99 Å². The lowest BCUT2D eigenvalue weighted by Gasteiger charge is -2.35. The maximum absolute atomic E-state index is 12.8. The van der Waals surface area contributed by atoms with Gasteiger partial charge in [-0.25, -0.2) is 4.79 Å². The Balaban J connectivity index is 2.96. The highest BCUT2D eigenvalue weighted by Crippen LogP contribution is 2.48. The molecule has 0 fully saturated rings. The molecule has 3 atom stereocenters. The molecule has 3 unspecified atom stereocenters. The van der Waals surface area contributed by atoms with Gasteiger partial charge < -0.3 is 20.4 Å². The molecule has 1 amide bonds. The monoisotopic (exact) mass is 394 g/mol. The van der Waals surface area contributed by atoms with Crippen molar-refractivity contribution in [1.29, 1.82) is 0 Å². The number of carboxylic acid groups (broad SMARTS) is 1. The number of amides is 1. The number of rotatable bonds is 6. The molecule has 0 aliphatic carbocycles. The number of aliphatic carboxylic acids is 1. The van der Waals surface area contributed by atoms with Crippen LogP contribution in [0.1, 0.15) is 26.7 Å². The minimum atomic E-state index is -6.14. The SMILES string of the molecule is CCC(C)C(NC(=O)C1=NOC(C(O)(C(F)(F)F)C(F)(F)F)C1)C(=O)O. The molecule has 0 radical (unpaired) electrons. The maximum atomic E-state index is 12.8. The van der Waals surface area contributed by atoms with E-state index in [4.69, 9.17) is 5.11 Å². The predicted octanol–water partition coefficient (Wildman–Crippen LogP) is 1.60. The Morgan fingerprint density at radius 1 is 1.27 bits per heavy atom. The van der Waals surface area contributed by atoms with Crippen LogP contribution in [0.2, 0.25) is 0 Å². The summed E-state index contributed by atoms with van der Waals surface area (Å²) in [6.45, 7) is 3.09. The summed E-state index contributed by atoms with van der Waals surface area (Å²) in [6, 6.07) is -1.43. The van der Waals surface area contributed by atoms with Crippen molar-refractivity contribution in [3.63, 3.8) is 0 Å². The molecular weight excluding hydrogens is 378 g/mol. The number of alkyl halides is 6. The molecule has 26 heavy (non-hydrogen) atoms. The van der Waals surface area contributed by atoms with Gasteiger partial charge in [0.1, 0.15) is 11.8 Å². The van der Waals surface area contributed by atoms with Crippen LogP contribution in [0, 0.1) is 5.92 Å². The average Bonchev–Trinajstić information content (AvgIpc) is 2.98. The lowest BCUT2D eigenvalue weighted by molar-refractivity contribution is -0.392. The van der Waals surface area contributed by atoms with Crippen LogP contribution < -0.4 is 5.32 Å². The van der Waals surface area contributed by atoms with Crippen molar-refractivity contribution in [1.82, 2.24) is 5.32 Å². The molecule has 1 aliphatic rings. The normalized spacial score (nSPS) is 20.8. The van der Waals surface area contributed by atoms with E-state index in [9.17, 15) is 41.0 Å². The van der Waals surface area contributed by atoms with Crippen molar-refractivity contribution in [2.75, 3.05) is 0 Å². The number of hydrogen-bond donors (Lipinski definition) is 3. The smallest absolute Gasteiger partial charge is 0.430 e. The zero-order chi connectivity index (χ0) is 20.5. The number of carboxylic acids is 1. The van der Waals surface area contributed by atoms with Gasteiger partial charge in [0, 0.05) is 6.42 Å². The number of carbonyl (C=O) groups is 2. The summed E-state index contributed by atoms with van der Waals surface area (Å²) in [4.78, 5) is 27.1. The lowest BCUT2D eigenvalue weighted by Crippen LogP contribution is -2.64. The molecule has 7 nitrogen and oxygen atoms in total. The van der Waals surface area contributed by atoms with Crippen molar-refractivity contribution in [3.8, 4) is 0 Å². The topological polar surface area (TPSA) is 108 Å². The number of carbonyl (C=O) groups excluding carboxylic acids is 1. The fourth-order valence-corrected chi connectivity index (χ4v) is 2.17. The van der Waals surface area contributed by atoms with Crippen molar-refractivity contribution >= 4 is 17.6 Å². The molecule has 0 saturated carbocycles. The Hall–Kier alpha value is -2.05.